The highest BCUT2D eigenvalue weighted by molar-refractivity contribution is 8.76. The summed E-state index contributed by atoms with van der Waals surface area (Å²) in [4.78, 5) is 0. The molecule has 4 heteroatoms. The van der Waals surface area contributed by atoms with E-state index in [0.717, 1.165) is 23.0 Å². The van der Waals surface area contributed by atoms with Crippen LogP contribution >= 0.6 is 45.1 Å². The third kappa shape index (κ3) is 8.12. The number of rotatable bonds is 17. The molecule has 0 unspecified atom stereocenters. The Morgan fingerprint density at radius 1 is 0.271 bits per heavy atom. The van der Waals surface area contributed by atoms with Crippen molar-refractivity contribution in [1.82, 2.24) is 0 Å². The summed E-state index contributed by atoms with van der Waals surface area (Å²) in [6.45, 7) is 0. The number of hydrogen-bond donors (Lipinski definition) is 0. The van der Waals surface area contributed by atoms with Gasteiger partial charge in [-0.25, -0.2) is 0 Å². The average Bonchev–Trinajstić information content (AvgIpc) is 3.18. The van der Waals surface area contributed by atoms with Gasteiger partial charge in [-0.1, -0.05) is 204 Å². The average molecular weight is 699 g/mol. The molecule has 48 heavy (non-hydrogen) atoms. The largest absolute Gasteiger partial charge is 0.141 e. The van der Waals surface area contributed by atoms with Gasteiger partial charge < -0.3 is 0 Å². The van der Waals surface area contributed by atoms with E-state index in [1.165, 1.54) is 46.2 Å². The fraction of sp³-hybridized carbons (Fsp3) is 0.182. The second kappa shape index (κ2) is 17.9. The third-order valence-corrected chi connectivity index (χ3v) is 14.4. The minimum atomic E-state index is -0.235. The zero-order valence-electron chi connectivity index (χ0n) is 27.2. The summed E-state index contributed by atoms with van der Waals surface area (Å²) in [5, 5.41) is 0. The van der Waals surface area contributed by atoms with E-state index in [2.05, 4.69) is 206 Å². The van der Waals surface area contributed by atoms with Crippen LogP contribution in [0.4, 0.5) is 0 Å². The molecule has 0 aliphatic carbocycles. The maximum absolute atomic E-state index is 2.29. The Morgan fingerprint density at radius 3 is 0.688 bits per heavy atom. The lowest BCUT2D eigenvalue weighted by Crippen LogP contribution is -2.26. The molecule has 0 bridgehead atoms. The van der Waals surface area contributed by atoms with Crippen molar-refractivity contribution in [2.75, 3.05) is 23.0 Å². The lowest BCUT2D eigenvalue weighted by Gasteiger charge is -2.35. The molecule has 0 amide bonds. The Balaban J connectivity index is 1.05. The fourth-order valence-corrected chi connectivity index (χ4v) is 11.9. The van der Waals surface area contributed by atoms with Crippen LogP contribution < -0.4 is 0 Å². The highest BCUT2D eigenvalue weighted by Gasteiger charge is 2.37. The van der Waals surface area contributed by atoms with Gasteiger partial charge in [0.2, 0.25) is 0 Å². The normalized spacial score (nSPS) is 11.8. The van der Waals surface area contributed by atoms with Gasteiger partial charge in [0, 0.05) is 11.5 Å². The smallest absolute Gasteiger partial charge is 0.0906 e. The molecular formula is C44H42S4. The maximum atomic E-state index is 2.29. The van der Waals surface area contributed by atoms with E-state index in [4.69, 9.17) is 0 Å². The highest BCUT2D eigenvalue weighted by Crippen LogP contribution is 2.50. The summed E-state index contributed by atoms with van der Waals surface area (Å²) >= 11 is 4.14. The second-order valence-electron chi connectivity index (χ2n) is 11.6. The van der Waals surface area contributed by atoms with E-state index in [9.17, 15) is 0 Å². The molecular weight excluding hydrogens is 657 g/mol. The fourth-order valence-electron chi connectivity index (χ4n) is 6.34. The zero-order chi connectivity index (χ0) is 32.7. The van der Waals surface area contributed by atoms with Gasteiger partial charge in [-0.05, 0) is 57.7 Å². The Kier molecular flexibility index (Phi) is 12.9. The van der Waals surface area contributed by atoms with Crippen molar-refractivity contribution in [3.05, 3.63) is 215 Å². The summed E-state index contributed by atoms with van der Waals surface area (Å²) in [7, 11) is 4.06. The lowest BCUT2D eigenvalue weighted by molar-refractivity contribution is 0.890. The molecule has 0 atom stereocenters. The van der Waals surface area contributed by atoms with Crippen molar-refractivity contribution in [2.24, 2.45) is 0 Å². The Morgan fingerprint density at radius 2 is 0.479 bits per heavy atom. The molecule has 6 rings (SSSR count). The predicted octanol–water partition coefficient (Wildman–Crippen LogP) is 12.6. The van der Waals surface area contributed by atoms with Crippen molar-refractivity contribution in [2.45, 2.75) is 22.3 Å². The third-order valence-electron chi connectivity index (χ3n) is 8.55. The van der Waals surface area contributed by atoms with Crippen molar-refractivity contribution in [1.29, 1.82) is 0 Å². The first kappa shape index (κ1) is 34.6. The van der Waals surface area contributed by atoms with E-state index in [0.29, 0.717) is 0 Å². The number of benzene rings is 6. The summed E-state index contributed by atoms with van der Waals surface area (Å²) in [5.41, 5.74) is 8.03. The molecule has 0 spiro atoms. The molecule has 6 aromatic carbocycles. The molecule has 242 valence electrons. The van der Waals surface area contributed by atoms with Crippen molar-refractivity contribution in [3.8, 4) is 0 Å². The van der Waals surface area contributed by atoms with Gasteiger partial charge in [0.05, 0.1) is 9.49 Å². The molecule has 0 saturated heterocycles. The minimum Gasteiger partial charge on any atom is -0.141 e. The highest BCUT2D eigenvalue weighted by atomic mass is 33.1. The van der Waals surface area contributed by atoms with Crippen LogP contribution in [0.5, 0.6) is 0 Å². The maximum Gasteiger partial charge on any atom is 0.0906 e. The van der Waals surface area contributed by atoms with Crippen molar-refractivity contribution >= 4 is 45.1 Å². The number of hydrogen-bond acceptors (Lipinski definition) is 4. The molecule has 0 radical (unpaired) electrons. The number of thioether (sulfide) groups is 2. The Hall–Kier alpha value is -3.28. The van der Waals surface area contributed by atoms with Gasteiger partial charge in [-0.3, -0.25) is 0 Å². The Labute approximate surface area is 304 Å². The van der Waals surface area contributed by atoms with Crippen molar-refractivity contribution in [3.63, 3.8) is 0 Å². The van der Waals surface area contributed by atoms with Crippen LogP contribution in [-0.4, -0.2) is 23.0 Å². The van der Waals surface area contributed by atoms with Gasteiger partial charge in [-0.2, -0.15) is 0 Å². The molecule has 0 aliphatic heterocycles. The van der Waals surface area contributed by atoms with E-state index in [1.54, 1.807) is 0 Å². The van der Waals surface area contributed by atoms with Gasteiger partial charge in [0.25, 0.3) is 0 Å². The molecule has 0 fully saturated rings. The quantitative estimate of drug-likeness (QED) is 0.0528. The van der Waals surface area contributed by atoms with Crippen LogP contribution in [0.25, 0.3) is 0 Å². The first-order valence-corrected chi connectivity index (χ1v) is 21.2. The van der Waals surface area contributed by atoms with Crippen LogP contribution in [0.15, 0.2) is 182 Å². The summed E-state index contributed by atoms with van der Waals surface area (Å²) in [5.74, 6) is 4.49. The zero-order valence-corrected chi connectivity index (χ0v) is 30.5. The first-order valence-electron chi connectivity index (χ1n) is 16.7. The van der Waals surface area contributed by atoms with E-state index < -0.39 is 0 Å². The van der Waals surface area contributed by atoms with E-state index >= 15 is 0 Å². The topological polar surface area (TPSA) is 0 Å². The van der Waals surface area contributed by atoms with Crippen LogP contribution in [0.3, 0.4) is 0 Å². The summed E-state index contributed by atoms with van der Waals surface area (Å²) in [6.07, 6.45) is 2.34. The van der Waals surface area contributed by atoms with Crippen LogP contribution in [-0.2, 0) is 9.49 Å². The van der Waals surface area contributed by atoms with Crippen molar-refractivity contribution < 1.29 is 0 Å². The molecule has 6 aromatic rings. The summed E-state index contributed by atoms with van der Waals surface area (Å²) < 4.78 is -0.469. The van der Waals surface area contributed by atoms with Gasteiger partial charge in [-0.15, -0.1) is 23.5 Å². The summed E-state index contributed by atoms with van der Waals surface area (Å²) in [6, 6.07) is 66.2. The van der Waals surface area contributed by atoms with Crippen LogP contribution in [0.1, 0.15) is 46.2 Å². The lowest BCUT2D eigenvalue weighted by atomic mass is 9.84. The SMILES string of the molecule is c1ccc(C(SCCCSSCCCSC(c2ccccc2)(c2ccccc2)c2ccccc2)(c2ccccc2)c2ccccc2)cc1. The molecule has 0 heterocycles. The van der Waals surface area contributed by atoms with Gasteiger partial charge >= 0.3 is 0 Å². The standard InChI is InChI=1S/C44H42S4/c1-7-21-37(22-8-1)43(38-23-9-2-10-24-38,39-25-11-3-12-26-39)45-33-19-35-47-48-36-20-34-46-44(40-27-13-4-14-28-40,41-29-15-5-16-30-41)42-31-17-6-18-32-42/h1-18,21-32H,19-20,33-36H2. The Bertz CT molecular complexity index is 1420. The van der Waals surface area contributed by atoms with E-state index in [1.807, 2.05) is 21.6 Å². The second-order valence-corrected chi connectivity index (χ2v) is 16.9. The predicted molar refractivity (Wildman–Crippen MR) is 217 cm³/mol. The monoisotopic (exact) mass is 698 g/mol. The van der Waals surface area contributed by atoms with Gasteiger partial charge in [0.1, 0.15) is 0 Å². The first-order chi connectivity index (χ1) is 23.8. The molecule has 0 saturated carbocycles. The van der Waals surface area contributed by atoms with E-state index in [-0.39, 0.29) is 9.49 Å². The molecule has 0 nitrogen and oxygen atoms in total. The molecule has 0 N–H and O–H groups in total. The van der Waals surface area contributed by atoms with Crippen LogP contribution in [0.2, 0.25) is 0 Å². The molecule has 0 aromatic heterocycles. The minimum absolute atomic E-state index is 0.235. The molecule has 0 aliphatic rings. The van der Waals surface area contributed by atoms with Gasteiger partial charge in [0.15, 0.2) is 0 Å². The van der Waals surface area contributed by atoms with Crippen LogP contribution in [0, 0.1) is 0 Å².